The minimum absolute atomic E-state index is 0.0171. The minimum Gasteiger partial charge on any atom is -0.382 e. The molecule has 2 heterocycles. The Balaban J connectivity index is 1.96. The van der Waals surface area contributed by atoms with Crippen LogP contribution < -0.4 is 0 Å². The third-order valence-corrected chi connectivity index (χ3v) is 4.53. The summed E-state index contributed by atoms with van der Waals surface area (Å²) < 4.78 is 17.2. The third-order valence-electron chi connectivity index (χ3n) is 3.02. The van der Waals surface area contributed by atoms with E-state index in [2.05, 4.69) is 12.7 Å². The number of hydrogen-bond donors (Lipinski definition) is 0. The molecule has 2 aliphatic heterocycles. The van der Waals surface area contributed by atoms with E-state index in [0.717, 1.165) is 6.42 Å². The lowest BCUT2D eigenvalue weighted by molar-refractivity contribution is -0.00960. The molecule has 4 unspecified atom stereocenters. The Bertz CT molecular complexity index is 364. The van der Waals surface area contributed by atoms with Gasteiger partial charge in [-0.1, -0.05) is 24.3 Å². The lowest BCUT2D eigenvalue weighted by atomic mass is 9.96. The molecule has 2 aliphatic rings. The average molecular weight is 281 g/mol. The van der Waals surface area contributed by atoms with Crippen molar-refractivity contribution in [1.29, 1.82) is 0 Å². The van der Waals surface area contributed by atoms with Gasteiger partial charge in [-0.2, -0.15) is 0 Å². The van der Waals surface area contributed by atoms with E-state index in [9.17, 15) is 0 Å². The van der Waals surface area contributed by atoms with Crippen LogP contribution in [0.4, 0.5) is 0 Å². The van der Waals surface area contributed by atoms with Gasteiger partial charge in [-0.15, -0.1) is 6.58 Å². The molecule has 0 saturated carbocycles. The molecule has 2 radical (unpaired) electrons. The van der Waals surface area contributed by atoms with E-state index in [1.54, 1.807) is 6.08 Å². The maximum absolute atomic E-state index is 5.94. The minimum atomic E-state index is -1.36. The van der Waals surface area contributed by atoms with Crippen LogP contribution in [0.3, 0.4) is 0 Å². The van der Waals surface area contributed by atoms with Gasteiger partial charge in [0.2, 0.25) is 0 Å². The number of hydrogen-bond acceptors (Lipinski definition) is 5. The SMILES string of the molecule is [B]C1CC(OP2OC(C=C)CN2OC#C)[C@@H](CC)O1. The second-order valence-electron chi connectivity index (χ2n) is 4.36. The van der Waals surface area contributed by atoms with E-state index in [1.807, 2.05) is 6.92 Å². The lowest BCUT2D eigenvalue weighted by Crippen LogP contribution is -2.24. The first-order valence-corrected chi connectivity index (χ1v) is 7.38. The van der Waals surface area contributed by atoms with E-state index in [1.165, 1.54) is 4.83 Å². The van der Waals surface area contributed by atoms with Crippen LogP contribution in [-0.2, 0) is 18.6 Å². The van der Waals surface area contributed by atoms with Gasteiger partial charge in [0.15, 0.2) is 0 Å². The van der Waals surface area contributed by atoms with Gasteiger partial charge >= 0.3 is 0 Å². The monoisotopic (exact) mass is 281 g/mol. The summed E-state index contributed by atoms with van der Waals surface area (Å²) in [5, 5.41) is 0. The smallest absolute Gasteiger partial charge is 0.296 e. The molecule has 102 valence electrons. The molecule has 0 N–H and O–H groups in total. The Morgan fingerprint density at radius 3 is 3.11 bits per heavy atom. The highest BCUT2D eigenvalue weighted by atomic mass is 31.2. The molecule has 0 aromatic heterocycles. The summed E-state index contributed by atoms with van der Waals surface area (Å²) >= 11 is 0. The van der Waals surface area contributed by atoms with Crippen molar-refractivity contribution < 1.29 is 18.6 Å². The second-order valence-corrected chi connectivity index (χ2v) is 5.71. The van der Waals surface area contributed by atoms with Crippen molar-refractivity contribution in [2.24, 2.45) is 0 Å². The molecular formula is C12H17BNO4P. The number of ether oxygens (including phenoxy) is 1. The van der Waals surface area contributed by atoms with Crippen LogP contribution >= 0.6 is 8.53 Å². The van der Waals surface area contributed by atoms with Crippen LogP contribution in [0.1, 0.15) is 19.8 Å². The molecule has 0 aromatic carbocycles. The van der Waals surface area contributed by atoms with Crippen LogP contribution in [0.5, 0.6) is 0 Å². The first kappa shape index (κ1) is 14.8. The maximum Gasteiger partial charge on any atom is 0.296 e. The predicted molar refractivity (Wildman–Crippen MR) is 72.8 cm³/mol. The first-order chi connectivity index (χ1) is 9.17. The maximum atomic E-state index is 5.94. The Labute approximate surface area is 116 Å². The standard InChI is InChI=1S/C12H17BNO4P/c1-4-9-8-14(15-6-3)19(17-9)18-11-7-12(13)16-10(11)5-2/h3-4,9-12H,1,5,7-8H2,2H3/t9?,10-,11?,12?,19?/m1/s1. The first-order valence-electron chi connectivity index (χ1n) is 6.25. The van der Waals surface area contributed by atoms with Crippen molar-refractivity contribution in [3.63, 3.8) is 0 Å². The number of terminal acetylenes is 1. The van der Waals surface area contributed by atoms with Gasteiger partial charge in [-0.25, -0.2) is 0 Å². The quantitative estimate of drug-likeness (QED) is 0.332. The molecule has 0 amide bonds. The van der Waals surface area contributed by atoms with Gasteiger partial charge in [0.1, 0.15) is 20.1 Å². The Hall–Kier alpha value is -0.565. The second kappa shape index (κ2) is 6.74. The zero-order valence-corrected chi connectivity index (χ0v) is 11.8. The number of nitrogens with zero attached hydrogens (tertiary/aromatic N) is 1. The van der Waals surface area contributed by atoms with Gasteiger partial charge in [0.25, 0.3) is 8.53 Å². The fourth-order valence-electron chi connectivity index (χ4n) is 2.08. The lowest BCUT2D eigenvalue weighted by Gasteiger charge is -2.23. The van der Waals surface area contributed by atoms with Crippen LogP contribution in [0.2, 0.25) is 0 Å². The molecule has 0 bridgehead atoms. The van der Waals surface area contributed by atoms with Gasteiger partial charge in [0.05, 0.1) is 18.8 Å². The van der Waals surface area contributed by atoms with Gasteiger partial charge in [-0.05, 0) is 12.8 Å². The van der Waals surface area contributed by atoms with Crippen molar-refractivity contribution in [2.45, 2.75) is 44.1 Å². The van der Waals surface area contributed by atoms with Crippen molar-refractivity contribution in [3.05, 3.63) is 12.7 Å². The van der Waals surface area contributed by atoms with E-state index < -0.39 is 8.53 Å². The zero-order chi connectivity index (χ0) is 13.8. The van der Waals surface area contributed by atoms with Crippen molar-refractivity contribution >= 4 is 16.4 Å². The van der Waals surface area contributed by atoms with E-state index in [0.29, 0.717) is 13.0 Å². The van der Waals surface area contributed by atoms with Crippen molar-refractivity contribution in [2.75, 3.05) is 6.54 Å². The molecule has 2 saturated heterocycles. The topological polar surface area (TPSA) is 40.2 Å². The highest BCUT2D eigenvalue weighted by Crippen LogP contribution is 2.52. The molecule has 7 heteroatoms. The number of hydroxylamine groups is 1. The average Bonchev–Trinajstić information content (AvgIpc) is 2.94. The Kier molecular flexibility index (Phi) is 5.26. The van der Waals surface area contributed by atoms with Gasteiger partial charge in [-0.3, -0.25) is 0 Å². The Morgan fingerprint density at radius 1 is 1.68 bits per heavy atom. The highest BCUT2D eigenvalue weighted by molar-refractivity contribution is 7.44. The highest BCUT2D eigenvalue weighted by Gasteiger charge is 2.41. The molecule has 0 aliphatic carbocycles. The summed E-state index contributed by atoms with van der Waals surface area (Å²) in [6.45, 7) is 6.24. The summed E-state index contributed by atoms with van der Waals surface area (Å²) in [4.78, 5) is 6.61. The molecule has 0 aromatic rings. The molecule has 19 heavy (non-hydrogen) atoms. The zero-order valence-electron chi connectivity index (χ0n) is 10.9. The molecule has 0 spiro atoms. The largest absolute Gasteiger partial charge is 0.382 e. The van der Waals surface area contributed by atoms with E-state index in [-0.39, 0.29) is 24.3 Å². The summed E-state index contributed by atoms with van der Waals surface area (Å²) in [6.07, 6.45) is 10.2. The predicted octanol–water partition coefficient (Wildman–Crippen LogP) is 1.70. The Morgan fingerprint density at radius 2 is 2.47 bits per heavy atom. The summed E-state index contributed by atoms with van der Waals surface area (Å²) in [7, 11) is 4.42. The molecular weight excluding hydrogens is 264 g/mol. The number of rotatable bonds is 5. The van der Waals surface area contributed by atoms with E-state index >= 15 is 0 Å². The van der Waals surface area contributed by atoms with Crippen LogP contribution in [-0.4, -0.2) is 43.5 Å². The molecule has 5 atom stereocenters. The van der Waals surface area contributed by atoms with Crippen LogP contribution in [0.25, 0.3) is 0 Å². The summed E-state index contributed by atoms with van der Waals surface area (Å²) in [5.74, 6) is 0. The molecule has 2 rings (SSSR count). The van der Waals surface area contributed by atoms with E-state index in [4.69, 9.17) is 32.9 Å². The van der Waals surface area contributed by atoms with Crippen LogP contribution in [0.15, 0.2) is 12.7 Å². The summed E-state index contributed by atoms with van der Waals surface area (Å²) in [6, 6.07) is -0.287. The fourth-order valence-corrected chi connectivity index (χ4v) is 3.59. The molecule has 5 nitrogen and oxygen atoms in total. The van der Waals surface area contributed by atoms with Crippen LogP contribution in [0, 0.1) is 12.5 Å². The van der Waals surface area contributed by atoms with Gasteiger partial charge < -0.3 is 18.6 Å². The van der Waals surface area contributed by atoms with Crippen molar-refractivity contribution in [1.82, 2.24) is 4.83 Å². The van der Waals surface area contributed by atoms with Crippen molar-refractivity contribution in [3.8, 4) is 12.5 Å². The normalized spacial score (nSPS) is 39.1. The fraction of sp³-hybridized carbons (Fsp3) is 0.667. The summed E-state index contributed by atoms with van der Waals surface area (Å²) in [5.41, 5.74) is 0. The third kappa shape index (κ3) is 3.50. The molecule has 2 fully saturated rings. The van der Waals surface area contributed by atoms with Gasteiger partial charge in [0, 0.05) is 6.00 Å².